The quantitative estimate of drug-likeness (QED) is 0.884. The van der Waals surface area contributed by atoms with Gasteiger partial charge in [0.05, 0.1) is 20.7 Å². The molecule has 0 spiro atoms. The Morgan fingerprint density at radius 1 is 1.25 bits per heavy atom. The summed E-state index contributed by atoms with van der Waals surface area (Å²) in [6.07, 6.45) is 1.36. The number of pyridine rings is 1. The summed E-state index contributed by atoms with van der Waals surface area (Å²) in [7, 11) is 0. The van der Waals surface area contributed by atoms with Crippen LogP contribution in [0, 0.1) is 0 Å². The minimum absolute atomic E-state index is 0.160. The van der Waals surface area contributed by atoms with Crippen molar-refractivity contribution in [1.82, 2.24) is 4.98 Å². The van der Waals surface area contributed by atoms with Gasteiger partial charge in [-0.15, -0.1) is 0 Å². The lowest BCUT2D eigenvalue weighted by molar-refractivity contribution is 0.0691. The van der Waals surface area contributed by atoms with E-state index >= 15 is 0 Å². The maximum atomic E-state index is 12.1. The largest absolute Gasteiger partial charge is 0.478 e. The molecule has 0 radical (unpaired) electrons. The van der Waals surface area contributed by atoms with E-state index in [0.717, 1.165) is 0 Å². The van der Waals surface area contributed by atoms with E-state index in [1.807, 2.05) is 0 Å². The Kier molecular flexibility index (Phi) is 4.36. The van der Waals surface area contributed by atoms with Crippen molar-refractivity contribution >= 4 is 45.1 Å². The number of anilines is 1. The molecule has 0 saturated carbocycles. The molecule has 0 fully saturated rings. The van der Waals surface area contributed by atoms with Crippen LogP contribution >= 0.6 is 27.5 Å². The summed E-state index contributed by atoms with van der Waals surface area (Å²) in [4.78, 5) is 27.0. The molecule has 0 aliphatic carbocycles. The number of carbonyl (C=O) groups excluding carboxylic acids is 1. The van der Waals surface area contributed by atoms with E-state index in [4.69, 9.17) is 16.7 Å². The minimum Gasteiger partial charge on any atom is -0.478 e. The SMILES string of the molecule is O=C(O)c1cccnc1C(=O)Nc1cccc(Cl)c1Br. The molecule has 1 aromatic heterocycles. The fraction of sp³-hybridized carbons (Fsp3) is 0. The number of amides is 1. The van der Waals surface area contributed by atoms with Gasteiger partial charge in [0, 0.05) is 6.20 Å². The molecule has 102 valence electrons. The number of aromatic carboxylic acids is 1. The van der Waals surface area contributed by atoms with Gasteiger partial charge < -0.3 is 10.4 Å². The van der Waals surface area contributed by atoms with Crippen LogP contribution in [0.2, 0.25) is 5.02 Å². The van der Waals surface area contributed by atoms with E-state index in [2.05, 4.69) is 26.2 Å². The van der Waals surface area contributed by atoms with E-state index in [0.29, 0.717) is 15.2 Å². The summed E-state index contributed by atoms with van der Waals surface area (Å²) < 4.78 is 0.517. The van der Waals surface area contributed by atoms with Gasteiger partial charge in [-0.05, 0) is 40.2 Å². The molecule has 0 aliphatic heterocycles. The van der Waals surface area contributed by atoms with Crippen molar-refractivity contribution in [3.8, 4) is 0 Å². The zero-order chi connectivity index (χ0) is 14.7. The van der Waals surface area contributed by atoms with Gasteiger partial charge in [-0.3, -0.25) is 9.78 Å². The van der Waals surface area contributed by atoms with Crippen molar-refractivity contribution in [3.05, 3.63) is 57.3 Å². The number of carboxylic acids is 1. The van der Waals surface area contributed by atoms with Gasteiger partial charge >= 0.3 is 5.97 Å². The Hall–Kier alpha value is -1.92. The van der Waals surface area contributed by atoms with Crippen molar-refractivity contribution in [2.24, 2.45) is 0 Å². The molecule has 1 aromatic carbocycles. The molecule has 0 saturated heterocycles. The van der Waals surface area contributed by atoms with Crippen molar-refractivity contribution in [2.75, 3.05) is 5.32 Å². The Morgan fingerprint density at radius 3 is 2.70 bits per heavy atom. The first-order valence-corrected chi connectivity index (χ1v) is 6.61. The summed E-state index contributed by atoms with van der Waals surface area (Å²) in [5.74, 6) is -1.83. The molecule has 7 heteroatoms. The number of rotatable bonds is 3. The Morgan fingerprint density at radius 2 is 2.00 bits per heavy atom. The van der Waals surface area contributed by atoms with E-state index in [9.17, 15) is 9.59 Å². The number of benzene rings is 1. The smallest absolute Gasteiger partial charge is 0.338 e. The van der Waals surface area contributed by atoms with E-state index < -0.39 is 11.9 Å². The molecule has 2 rings (SSSR count). The highest BCUT2D eigenvalue weighted by Crippen LogP contribution is 2.30. The van der Waals surface area contributed by atoms with Crippen molar-refractivity contribution in [1.29, 1.82) is 0 Å². The molecule has 1 heterocycles. The van der Waals surface area contributed by atoms with Gasteiger partial charge in [0.1, 0.15) is 5.69 Å². The van der Waals surface area contributed by atoms with E-state index in [1.54, 1.807) is 18.2 Å². The van der Waals surface area contributed by atoms with Crippen LogP contribution in [0.1, 0.15) is 20.8 Å². The predicted molar refractivity (Wildman–Crippen MR) is 78.3 cm³/mol. The zero-order valence-corrected chi connectivity index (χ0v) is 12.3. The summed E-state index contributed by atoms with van der Waals surface area (Å²) in [6.45, 7) is 0. The molecule has 0 bridgehead atoms. The summed E-state index contributed by atoms with van der Waals surface area (Å²) >= 11 is 9.16. The lowest BCUT2D eigenvalue weighted by atomic mass is 10.2. The number of nitrogens with zero attached hydrogens (tertiary/aromatic N) is 1. The third kappa shape index (κ3) is 2.97. The van der Waals surface area contributed by atoms with Crippen LogP contribution in [0.15, 0.2) is 41.0 Å². The fourth-order valence-corrected chi connectivity index (χ4v) is 2.08. The molecule has 0 aliphatic rings. The third-order valence-corrected chi connectivity index (χ3v) is 3.85. The molecule has 5 nitrogen and oxygen atoms in total. The van der Waals surface area contributed by atoms with Gasteiger partial charge in [0.15, 0.2) is 0 Å². The normalized spacial score (nSPS) is 10.1. The highest BCUT2D eigenvalue weighted by atomic mass is 79.9. The first-order chi connectivity index (χ1) is 9.50. The lowest BCUT2D eigenvalue weighted by Gasteiger charge is -2.09. The van der Waals surface area contributed by atoms with Crippen LogP contribution in [0.3, 0.4) is 0 Å². The maximum Gasteiger partial charge on any atom is 0.338 e. The van der Waals surface area contributed by atoms with Gasteiger partial charge in [0.25, 0.3) is 5.91 Å². The molecule has 0 unspecified atom stereocenters. The molecule has 2 aromatic rings. The van der Waals surface area contributed by atoms with Crippen LogP contribution in [-0.4, -0.2) is 22.0 Å². The molecular weight excluding hydrogens is 348 g/mol. The van der Waals surface area contributed by atoms with Gasteiger partial charge in [-0.25, -0.2) is 4.79 Å². The standard InChI is InChI=1S/C13H8BrClN2O3/c14-10-8(15)4-1-5-9(10)17-12(18)11-7(13(19)20)3-2-6-16-11/h1-6H,(H,17,18)(H,19,20). The summed E-state index contributed by atoms with van der Waals surface area (Å²) in [5, 5.41) is 12.0. The number of aromatic nitrogens is 1. The number of nitrogens with one attached hydrogen (secondary N) is 1. The highest BCUT2D eigenvalue weighted by molar-refractivity contribution is 9.10. The third-order valence-electron chi connectivity index (χ3n) is 2.45. The number of hydrogen-bond acceptors (Lipinski definition) is 3. The lowest BCUT2D eigenvalue weighted by Crippen LogP contribution is -2.18. The average molecular weight is 356 g/mol. The van der Waals surface area contributed by atoms with E-state index in [-0.39, 0.29) is 11.3 Å². The Balaban J connectivity index is 2.34. The van der Waals surface area contributed by atoms with Gasteiger partial charge in [-0.2, -0.15) is 0 Å². The van der Waals surface area contributed by atoms with Crippen molar-refractivity contribution < 1.29 is 14.7 Å². The number of halogens is 2. The first kappa shape index (κ1) is 14.5. The predicted octanol–water partition coefficient (Wildman–Crippen LogP) is 3.45. The van der Waals surface area contributed by atoms with Crippen LogP contribution in [0.25, 0.3) is 0 Å². The van der Waals surface area contributed by atoms with Gasteiger partial charge in [-0.1, -0.05) is 17.7 Å². The Labute approximate surface area is 127 Å². The topological polar surface area (TPSA) is 79.3 Å². The van der Waals surface area contributed by atoms with Crippen molar-refractivity contribution in [3.63, 3.8) is 0 Å². The first-order valence-electron chi connectivity index (χ1n) is 5.44. The average Bonchev–Trinajstić information content (AvgIpc) is 2.43. The van der Waals surface area contributed by atoms with Crippen LogP contribution in [0.4, 0.5) is 5.69 Å². The molecule has 0 atom stereocenters. The maximum absolute atomic E-state index is 12.1. The highest BCUT2D eigenvalue weighted by Gasteiger charge is 2.18. The monoisotopic (exact) mass is 354 g/mol. The van der Waals surface area contributed by atoms with Crippen molar-refractivity contribution in [2.45, 2.75) is 0 Å². The van der Waals surface area contributed by atoms with Gasteiger partial charge in [0.2, 0.25) is 0 Å². The second-order valence-corrected chi connectivity index (χ2v) is 4.96. The van der Waals surface area contributed by atoms with Crippen LogP contribution in [-0.2, 0) is 0 Å². The summed E-state index contributed by atoms with van der Waals surface area (Å²) in [5.41, 5.74) is 0.111. The van der Waals surface area contributed by atoms with E-state index in [1.165, 1.54) is 18.3 Å². The molecule has 2 N–H and O–H groups in total. The number of carbonyl (C=O) groups is 2. The minimum atomic E-state index is -1.21. The molecule has 20 heavy (non-hydrogen) atoms. The number of carboxylic acid groups (broad SMARTS) is 1. The second kappa shape index (κ2) is 6.02. The Bertz CT molecular complexity index is 691. The van der Waals surface area contributed by atoms with Crippen LogP contribution < -0.4 is 5.32 Å². The zero-order valence-electron chi connectivity index (χ0n) is 9.93. The summed E-state index contributed by atoms with van der Waals surface area (Å²) in [6, 6.07) is 7.73. The number of hydrogen-bond donors (Lipinski definition) is 2. The second-order valence-electron chi connectivity index (χ2n) is 3.76. The molecular formula is C13H8BrClN2O3. The van der Waals surface area contributed by atoms with Crippen LogP contribution in [0.5, 0.6) is 0 Å². The molecule has 1 amide bonds. The fourth-order valence-electron chi connectivity index (χ4n) is 1.54.